The topological polar surface area (TPSA) is 91.7 Å². The summed E-state index contributed by atoms with van der Waals surface area (Å²) in [4.78, 5) is 25.5. The number of para-hydroxylation sites is 1. The molecule has 1 aromatic heterocycles. The van der Waals surface area contributed by atoms with Crippen LogP contribution in [0, 0.1) is 0 Å². The minimum Gasteiger partial charge on any atom is -0.493 e. The fraction of sp³-hybridized carbons (Fsp3) is 0.261. The van der Waals surface area contributed by atoms with Gasteiger partial charge in [-0.05, 0) is 24.6 Å². The van der Waals surface area contributed by atoms with Gasteiger partial charge in [-0.2, -0.15) is 5.10 Å². The zero-order valence-electron chi connectivity index (χ0n) is 17.5. The van der Waals surface area contributed by atoms with Gasteiger partial charge in [0.15, 0.2) is 17.1 Å². The van der Waals surface area contributed by atoms with Crippen molar-refractivity contribution in [3.05, 3.63) is 71.4 Å². The Morgan fingerprint density at radius 1 is 1.16 bits per heavy atom. The first kappa shape index (κ1) is 20.5. The first-order valence-corrected chi connectivity index (χ1v) is 9.79. The third-order valence-corrected chi connectivity index (χ3v) is 5.33. The van der Waals surface area contributed by atoms with Gasteiger partial charge in [0.25, 0.3) is 5.91 Å². The van der Waals surface area contributed by atoms with E-state index in [4.69, 9.17) is 14.2 Å². The van der Waals surface area contributed by atoms with E-state index in [0.29, 0.717) is 35.8 Å². The number of nitrogens with one attached hydrogen (secondary N) is 1. The molecule has 1 atom stereocenters. The Kier molecular flexibility index (Phi) is 5.37. The van der Waals surface area contributed by atoms with Gasteiger partial charge >= 0.3 is 5.97 Å². The fourth-order valence-corrected chi connectivity index (χ4v) is 3.71. The standard InChI is InChI=1S/C23H23N3O5/c1-23(13-15-7-4-5-9-17(15)21(27)31-23)22(28)25-19-11-12-24-26(19)14-16-8-6-10-18(29-2)20(16)30-3/h4-12H,13-14H2,1-3H3,(H,25,28). The van der Waals surface area contributed by atoms with Gasteiger partial charge < -0.3 is 19.5 Å². The second-order valence-electron chi connectivity index (χ2n) is 7.44. The molecule has 1 amide bonds. The van der Waals surface area contributed by atoms with E-state index in [-0.39, 0.29) is 0 Å². The average Bonchev–Trinajstić information content (AvgIpc) is 3.19. The molecule has 0 saturated heterocycles. The number of anilines is 1. The molecular formula is C23H23N3O5. The zero-order valence-corrected chi connectivity index (χ0v) is 17.5. The first-order chi connectivity index (χ1) is 14.9. The van der Waals surface area contributed by atoms with Gasteiger partial charge in [-0.1, -0.05) is 30.3 Å². The Balaban J connectivity index is 1.55. The summed E-state index contributed by atoms with van der Waals surface area (Å²) in [6, 6.07) is 14.4. The van der Waals surface area contributed by atoms with Crippen molar-refractivity contribution in [1.82, 2.24) is 9.78 Å². The third-order valence-electron chi connectivity index (χ3n) is 5.33. The Labute approximate surface area is 179 Å². The maximum atomic E-state index is 13.1. The summed E-state index contributed by atoms with van der Waals surface area (Å²) in [6.07, 6.45) is 1.88. The summed E-state index contributed by atoms with van der Waals surface area (Å²) < 4.78 is 18.0. The lowest BCUT2D eigenvalue weighted by Crippen LogP contribution is -2.49. The third kappa shape index (κ3) is 3.84. The number of methoxy groups -OCH3 is 2. The highest BCUT2D eigenvalue weighted by Gasteiger charge is 2.42. The van der Waals surface area contributed by atoms with E-state index < -0.39 is 17.5 Å². The van der Waals surface area contributed by atoms with Crippen LogP contribution in [0.15, 0.2) is 54.7 Å². The fourth-order valence-electron chi connectivity index (χ4n) is 3.71. The molecule has 31 heavy (non-hydrogen) atoms. The maximum absolute atomic E-state index is 13.1. The van der Waals surface area contributed by atoms with Crippen molar-refractivity contribution in [2.24, 2.45) is 0 Å². The lowest BCUT2D eigenvalue weighted by atomic mass is 9.89. The van der Waals surface area contributed by atoms with E-state index in [1.54, 1.807) is 50.2 Å². The highest BCUT2D eigenvalue weighted by Crippen LogP contribution is 2.32. The molecule has 0 saturated carbocycles. The molecule has 0 bridgehead atoms. The van der Waals surface area contributed by atoms with Crippen molar-refractivity contribution in [2.45, 2.75) is 25.5 Å². The Morgan fingerprint density at radius 3 is 2.74 bits per heavy atom. The molecule has 1 aliphatic rings. The number of aromatic nitrogens is 2. The molecule has 2 heterocycles. The van der Waals surface area contributed by atoms with Gasteiger partial charge in [-0.25, -0.2) is 9.48 Å². The van der Waals surface area contributed by atoms with Crippen molar-refractivity contribution in [1.29, 1.82) is 0 Å². The van der Waals surface area contributed by atoms with Gasteiger partial charge in [0.05, 0.1) is 32.5 Å². The number of carbonyl (C=O) groups is 2. The van der Waals surface area contributed by atoms with Crippen LogP contribution >= 0.6 is 0 Å². The van der Waals surface area contributed by atoms with Gasteiger partial charge in [0.2, 0.25) is 0 Å². The van der Waals surface area contributed by atoms with Crippen LogP contribution in [0.2, 0.25) is 0 Å². The summed E-state index contributed by atoms with van der Waals surface area (Å²) in [7, 11) is 3.15. The zero-order chi connectivity index (χ0) is 22.0. The molecule has 4 rings (SSSR count). The SMILES string of the molecule is COc1cccc(Cn2nccc2NC(=O)C2(C)Cc3ccccc3C(=O)O2)c1OC. The quantitative estimate of drug-likeness (QED) is 0.615. The molecule has 3 aromatic rings. The molecule has 1 unspecified atom stereocenters. The second kappa shape index (κ2) is 8.14. The lowest BCUT2D eigenvalue weighted by Gasteiger charge is -2.33. The van der Waals surface area contributed by atoms with Crippen LogP contribution in [0.5, 0.6) is 11.5 Å². The van der Waals surface area contributed by atoms with Crippen LogP contribution in [-0.2, 0) is 22.5 Å². The summed E-state index contributed by atoms with van der Waals surface area (Å²) >= 11 is 0. The lowest BCUT2D eigenvalue weighted by molar-refractivity contribution is -0.134. The predicted molar refractivity (Wildman–Crippen MR) is 113 cm³/mol. The minimum absolute atomic E-state index is 0.290. The van der Waals surface area contributed by atoms with Gasteiger partial charge in [-0.15, -0.1) is 0 Å². The predicted octanol–water partition coefficient (Wildman–Crippen LogP) is 3.06. The summed E-state index contributed by atoms with van der Waals surface area (Å²) in [5.74, 6) is 0.760. The van der Waals surface area contributed by atoms with E-state index in [1.807, 2.05) is 30.3 Å². The molecule has 1 aliphatic heterocycles. The molecule has 0 spiro atoms. The van der Waals surface area contributed by atoms with Crippen LogP contribution < -0.4 is 14.8 Å². The van der Waals surface area contributed by atoms with Crippen LogP contribution in [0.25, 0.3) is 0 Å². The van der Waals surface area contributed by atoms with E-state index in [2.05, 4.69) is 10.4 Å². The maximum Gasteiger partial charge on any atom is 0.339 e. The number of carbonyl (C=O) groups excluding carboxylic acids is 2. The monoisotopic (exact) mass is 421 g/mol. The van der Waals surface area contributed by atoms with Crippen molar-refractivity contribution in [3.63, 3.8) is 0 Å². The van der Waals surface area contributed by atoms with Gasteiger partial charge in [-0.3, -0.25) is 4.79 Å². The summed E-state index contributed by atoms with van der Waals surface area (Å²) in [5, 5.41) is 7.16. The molecule has 0 fully saturated rings. The number of fused-ring (bicyclic) bond motifs is 1. The smallest absolute Gasteiger partial charge is 0.339 e. The Hall–Kier alpha value is -3.81. The largest absolute Gasteiger partial charge is 0.493 e. The van der Waals surface area contributed by atoms with E-state index in [0.717, 1.165) is 11.1 Å². The number of hydrogen-bond donors (Lipinski definition) is 1. The van der Waals surface area contributed by atoms with Gasteiger partial charge in [0, 0.05) is 18.1 Å². The van der Waals surface area contributed by atoms with E-state index in [1.165, 1.54) is 0 Å². The normalized spacial score (nSPS) is 17.5. The minimum atomic E-state index is -1.33. The summed E-state index contributed by atoms with van der Waals surface area (Å²) in [5.41, 5.74) is 0.785. The van der Waals surface area contributed by atoms with Crippen molar-refractivity contribution in [2.75, 3.05) is 19.5 Å². The highest BCUT2D eigenvalue weighted by molar-refractivity contribution is 6.02. The number of hydrogen-bond acceptors (Lipinski definition) is 6. The number of ether oxygens (including phenoxy) is 3. The second-order valence-corrected chi connectivity index (χ2v) is 7.44. The summed E-state index contributed by atoms with van der Waals surface area (Å²) in [6.45, 7) is 1.96. The Bertz CT molecular complexity index is 1140. The van der Waals surface area contributed by atoms with Crippen LogP contribution in [0.4, 0.5) is 5.82 Å². The molecule has 160 valence electrons. The Morgan fingerprint density at radius 2 is 1.97 bits per heavy atom. The first-order valence-electron chi connectivity index (χ1n) is 9.79. The average molecular weight is 421 g/mol. The number of nitrogens with zero attached hydrogens (tertiary/aromatic N) is 2. The van der Waals surface area contributed by atoms with Crippen molar-refractivity contribution < 1.29 is 23.8 Å². The number of cyclic esters (lactones) is 1. The number of amides is 1. The van der Waals surface area contributed by atoms with E-state index >= 15 is 0 Å². The molecule has 2 aromatic carbocycles. The van der Waals surface area contributed by atoms with Gasteiger partial charge in [0.1, 0.15) is 5.82 Å². The highest BCUT2D eigenvalue weighted by atomic mass is 16.6. The van der Waals surface area contributed by atoms with Crippen LogP contribution in [-0.4, -0.2) is 41.5 Å². The molecule has 0 radical (unpaired) electrons. The number of rotatable bonds is 6. The molecular weight excluding hydrogens is 398 g/mol. The van der Waals surface area contributed by atoms with Crippen molar-refractivity contribution in [3.8, 4) is 11.5 Å². The number of benzene rings is 2. The molecule has 1 N–H and O–H groups in total. The van der Waals surface area contributed by atoms with Crippen LogP contribution in [0.1, 0.15) is 28.4 Å². The van der Waals surface area contributed by atoms with Crippen molar-refractivity contribution >= 4 is 17.7 Å². The van der Waals surface area contributed by atoms with E-state index in [9.17, 15) is 9.59 Å². The molecule has 8 nitrogen and oxygen atoms in total. The number of esters is 1. The molecule has 0 aliphatic carbocycles. The molecule has 8 heteroatoms. The van der Waals surface area contributed by atoms with Crippen LogP contribution in [0.3, 0.4) is 0 Å².